The van der Waals surface area contributed by atoms with Crippen LogP contribution in [0.15, 0.2) is 52.2 Å². The Labute approximate surface area is 124 Å². The van der Waals surface area contributed by atoms with Gasteiger partial charge in [0, 0.05) is 4.90 Å². The molecule has 1 aromatic heterocycles. The van der Waals surface area contributed by atoms with Gasteiger partial charge in [-0.3, -0.25) is 4.57 Å². The van der Waals surface area contributed by atoms with Crippen LogP contribution in [0.2, 0.25) is 0 Å². The molecule has 0 aliphatic carbocycles. The number of aromatic amines is 1. The minimum Gasteiger partial charge on any atom is -0.478 e. The summed E-state index contributed by atoms with van der Waals surface area (Å²) < 4.78 is 1.51. The molecule has 0 aliphatic heterocycles. The normalized spacial score (nSPS) is 10.9. The number of para-hydroxylation sites is 1. The highest BCUT2D eigenvalue weighted by Crippen LogP contribution is 2.25. The fourth-order valence-electron chi connectivity index (χ4n) is 2.29. The number of fused-ring (bicyclic) bond motifs is 1. The predicted octanol–water partition coefficient (Wildman–Crippen LogP) is 2.74. The zero-order chi connectivity index (χ0) is 15.0. The molecule has 3 rings (SSSR count). The lowest BCUT2D eigenvalue weighted by atomic mass is 10.2. The first kappa shape index (κ1) is 13.5. The van der Waals surface area contributed by atoms with Crippen LogP contribution in [0.3, 0.4) is 0 Å². The van der Waals surface area contributed by atoms with Crippen LogP contribution in [0.5, 0.6) is 0 Å². The van der Waals surface area contributed by atoms with E-state index in [0.29, 0.717) is 11.0 Å². The number of nitrogens with one attached hydrogen (secondary N) is 1. The molecule has 0 saturated carbocycles. The molecule has 21 heavy (non-hydrogen) atoms. The number of benzene rings is 2. The molecule has 2 N–H and O–H groups in total. The maximum Gasteiger partial charge on any atom is 0.335 e. The minimum absolute atomic E-state index is 0.150. The zero-order valence-electron chi connectivity index (χ0n) is 11.2. The van der Waals surface area contributed by atoms with E-state index in [9.17, 15) is 9.59 Å². The Kier molecular flexibility index (Phi) is 3.31. The molecule has 0 amide bonds. The number of hydrogen-bond acceptors (Lipinski definition) is 3. The largest absolute Gasteiger partial charge is 0.478 e. The molecular formula is C15H12N2O3S. The van der Waals surface area contributed by atoms with Gasteiger partial charge in [0.1, 0.15) is 0 Å². The Morgan fingerprint density at radius 1 is 1.24 bits per heavy atom. The summed E-state index contributed by atoms with van der Waals surface area (Å²) in [6.45, 7) is 0. The number of carbonyl (C=O) groups is 1. The quantitative estimate of drug-likeness (QED) is 0.729. The molecule has 0 aliphatic rings. The van der Waals surface area contributed by atoms with E-state index in [2.05, 4.69) is 4.98 Å². The molecule has 2 aromatic carbocycles. The average molecular weight is 300 g/mol. The van der Waals surface area contributed by atoms with Gasteiger partial charge in [-0.1, -0.05) is 12.1 Å². The van der Waals surface area contributed by atoms with Gasteiger partial charge >= 0.3 is 11.7 Å². The number of aromatic carboxylic acids is 1. The minimum atomic E-state index is -1.02. The third-order valence-corrected chi connectivity index (χ3v) is 4.04. The smallest absolute Gasteiger partial charge is 0.335 e. The van der Waals surface area contributed by atoms with Crippen LogP contribution in [0.4, 0.5) is 0 Å². The molecule has 0 saturated heterocycles. The summed E-state index contributed by atoms with van der Waals surface area (Å²) >= 11 is 1.53. The van der Waals surface area contributed by atoms with E-state index >= 15 is 0 Å². The van der Waals surface area contributed by atoms with Crippen LogP contribution in [0, 0.1) is 0 Å². The van der Waals surface area contributed by atoms with Gasteiger partial charge in [-0.2, -0.15) is 0 Å². The van der Waals surface area contributed by atoms with Crippen LogP contribution in [-0.2, 0) is 0 Å². The standard InChI is InChI=1S/C15H12N2O3S/c1-21-13-5-3-2-4-11(13)17-12-8-9(14(18)19)6-7-10(12)16-15(17)20/h2-8H,1H3,(H,16,20)(H,18,19). The van der Waals surface area contributed by atoms with Crippen molar-refractivity contribution in [2.24, 2.45) is 0 Å². The predicted molar refractivity (Wildman–Crippen MR) is 82.6 cm³/mol. The van der Waals surface area contributed by atoms with E-state index < -0.39 is 5.97 Å². The lowest BCUT2D eigenvalue weighted by Gasteiger charge is -2.08. The van der Waals surface area contributed by atoms with Gasteiger partial charge in [0.25, 0.3) is 0 Å². The van der Waals surface area contributed by atoms with Crippen molar-refractivity contribution in [2.75, 3.05) is 6.26 Å². The maximum absolute atomic E-state index is 12.2. The second kappa shape index (κ2) is 5.14. The topological polar surface area (TPSA) is 75.1 Å². The van der Waals surface area contributed by atoms with Crippen LogP contribution in [0.1, 0.15) is 10.4 Å². The van der Waals surface area contributed by atoms with Gasteiger partial charge in [0.05, 0.1) is 22.3 Å². The number of thioether (sulfide) groups is 1. The number of imidazole rings is 1. The molecule has 6 heteroatoms. The number of aromatic nitrogens is 2. The highest BCUT2D eigenvalue weighted by atomic mass is 32.2. The van der Waals surface area contributed by atoms with Crippen molar-refractivity contribution in [2.45, 2.75) is 4.90 Å². The van der Waals surface area contributed by atoms with Crippen molar-refractivity contribution in [1.29, 1.82) is 0 Å². The van der Waals surface area contributed by atoms with Gasteiger partial charge in [0.2, 0.25) is 0 Å². The van der Waals surface area contributed by atoms with Crippen LogP contribution >= 0.6 is 11.8 Å². The van der Waals surface area contributed by atoms with E-state index in [1.807, 2.05) is 30.5 Å². The molecule has 0 radical (unpaired) electrons. The fourth-order valence-corrected chi connectivity index (χ4v) is 2.87. The van der Waals surface area contributed by atoms with Gasteiger partial charge < -0.3 is 10.1 Å². The molecule has 0 fully saturated rings. The summed E-state index contributed by atoms with van der Waals surface area (Å²) in [6.07, 6.45) is 1.93. The summed E-state index contributed by atoms with van der Waals surface area (Å²) in [4.78, 5) is 27.1. The third kappa shape index (κ3) is 2.23. The van der Waals surface area contributed by atoms with E-state index in [1.54, 1.807) is 6.07 Å². The number of nitrogens with zero attached hydrogens (tertiary/aromatic N) is 1. The highest BCUT2D eigenvalue weighted by Gasteiger charge is 2.13. The molecule has 3 aromatic rings. The molecule has 1 heterocycles. The summed E-state index contributed by atoms with van der Waals surface area (Å²) in [5, 5.41) is 9.11. The van der Waals surface area contributed by atoms with Crippen molar-refractivity contribution in [1.82, 2.24) is 9.55 Å². The Hall–Kier alpha value is -2.47. The lowest BCUT2D eigenvalue weighted by Crippen LogP contribution is -2.15. The molecule has 5 nitrogen and oxygen atoms in total. The van der Waals surface area contributed by atoms with E-state index in [-0.39, 0.29) is 11.3 Å². The Balaban J connectivity index is 2.36. The third-order valence-electron chi connectivity index (χ3n) is 3.26. The maximum atomic E-state index is 12.2. The summed E-state index contributed by atoms with van der Waals surface area (Å²) in [5.74, 6) is -1.02. The van der Waals surface area contributed by atoms with Gasteiger partial charge in [-0.05, 0) is 36.6 Å². The van der Waals surface area contributed by atoms with Crippen molar-refractivity contribution in [3.8, 4) is 5.69 Å². The number of carboxylic acid groups (broad SMARTS) is 1. The Morgan fingerprint density at radius 3 is 2.71 bits per heavy atom. The highest BCUT2D eigenvalue weighted by molar-refractivity contribution is 7.98. The first-order chi connectivity index (χ1) is 10.1. The van der Waals surface area contributed by atoms with Crippen molar-refractivity contribution >= 4 is 28.8 Å². The molecule has 0 spiro atoms. The number of H-pyrrole nitrogens is 1. The van der Waals surface area contributed by atoms with E-state index in [1.165, 1.54) is 28.5 Å². The summed E-state index contributed by atoms with van der Waals surface area (Å²) in [7, 11) is 0. The van der Waals surface area contributed by atoms with Crippen LogP contribution in [0.25, 0.3) is 16.7 Å². The first-order valence-electron chi connectivity index (χ1n) is 6.23. The number of hydrogen-bond donors (Lipinski definition) is 2. The second-order valence-electron chi connectivity index (χ2n) is 4.47. The lowest BCUT2D eigenvalue weighted by molar-refractivity contribution is 0.0697. The van der Waals surface area contributed by atoms with Crippen molar-refractivity contribution < 1.29 is 9.90 Å². The van der Waals surface area contributed by atoms with E-state index in [0.717, 1.165) is 10.6 Å². The molecular weight excluding hydrogens is 288 g/mol. The fraction of sp³-hybridized carbons (Fsp3) is 0.0667. The monoisotopic (exact) mass is 300 g/mol. The first-order valence-corrected chi connectivity index (χ1v) is 7.46. The Morgan fingerprint density at radius 2 is 2.00 bits per heavy atom. The molecule has 106 valence electrons. The molecule has 0 atom stereocenters. The Bertz CT molecular complexity index is 895. The molecule has 0 bridgehead atoms. The van der Waals surface area contributed by atoms with Crippen LogP contribution < -0.4 is 5.69 Å². The second-order valence-corrected chi connectivity index (χ2v) is 5.32. The average Bonchev–Trinajstić information content (AvgIpc) is 2.81. The van der Waals surface area contributed by atoms with Crippen molar-refractivity contribution in [3.63, 3.8) is 0 Å². The number of carboxylic acids is 1. The molecule has 0 unspecified atom stereocenters. The van der Waals surface area contributed by atoms with Gasteiger partial charge in [0.15, 0.2) is 0 Å². The SMILES string of the molecule is CSc1ccccc1-n1c(=O)[nH]c2ccc(C(=O)O)cc21. The summed E-state index contributed by atoms with van der Waals surface area (Å²) in [5.41, 5.74) is 1.78. The van der Waals surface area contributed by atoms with Gasteiger partial charge in [-0.25, -0.2) is 9.59 Å². The van der Waals surface area contributed by atoms with Gasteiger partial charge in [-0.15, -0.1) is 11.8 Å². The van der Waals surface area contributed by atoms with E-state index in [4.69, 9.17) is 5.11 Å². The zero-order valence-corrected chi connectivity index (χ0v) is 12.0. The summed E-state index contributed by atoms with van der Waals surface area (Å²) in [6, 6.07) is 12.1. The van der Waals surface area contributed by atoms with Crippen LogP contribution in [-0.4, -0.2) is 26.9 Å². The number of rotatable bonds is 3. The van der Waals surface area contributed by atoms with Crippen molar-refractivity contribution in [3.05, 3.63) is 58.5 Å².